The molecular weight excluding hydrogens is 533 g/mol. The fraction of sp³-hybridized carbons (Fsp3) is 0.367. The fourth-order valence-electron chi connectivity index (χ4n) is 3.47. The van der Waals surface area contributed by atoms with Crippen molar-refractivity contribution < 1.29 is 28.6 Å². The van der Waals surface area contributed by atoms with Gasteiger partial charge in [-0.25, -0.2) is 9.18 Å². The Balaban J connectivity index is 0.000000429. The molecule has 10 heteroatoms. The smallest absolute Gasteiger partial charge is 0.335 e. The van der Waals surface area contributed by atoms with E-state index >= 15 is 0 Å². The molecule has 2 aromatic rings. The largest absolute Gasteiger partial charge is 0.512 e. The van der Waals surface area contributed by atoms with Gasteiger partial charge in [-0.05, 0) is 62.9 Å². The molecule has 40 heavy (non-hydrogen) atoms. The molecule has 218 valence electrons. The highest BCUT2D eigenvalue weighted by Crippen LogP contribution is 2.19. The molecule has 1 N–H and O–H groups in total. The minimum absolute atomic E-state index is 0.00367. The van der Waals surface area contributed by atoms with E-state index in [-0.39, 0.29) is 29.9 Å². The Bertz CT molecular complexity index is 1160. The SMILES string of the molecule is C=C/C=C(\O)CC(=O)N(CC)CCN(C)/C(C)=C(/C)C(=O)OCC.O=CN(Cc1cccc(F)c1)c1ccsc1. The van der Waals surface area contributed by atoms with Crippen molar-refractivity contribution >= 4 is 35.3 Å². The maximum Gasteiger partial charge on any atom is 0.335 e. The van der Waals surface area contributed by atoms with Crippen LogP contribution in [0.1, 0.15) is 39.7 Å². The van der Waals surface area contributed by atoms with Gasteiger partial charge < -0.3 is 24.5 Å². The van der Waals surface area contributed by atoms with Crippen molar-refractivity contribution in [1.82, 2.24) is 9.80 Å². The van der Waals surface area contributed by atoms with E-state index in [1.54, 1.807) is 35.8 Å². The molecule has 0 fully saturated rings. The lowest BCUT2D eigenvalue weighted by Gasteiger charge is -2.27. The Hall–Kier alpha value is -3.92. The molecule has 1 aromatic heterocycles. The normalized spacial score (nSPS) is 11.4. The third-order valence-corrected chi connectivity index (χ3v) is 6.66. The number of carbonyl (C=O) groups is 3. The summed E-state index contributed by atoms with van der Waals surface area (Å²) in [5, 5.41) is 13.4. The molecule has 0 bridgehead atoms. The summed E-state index contributed by atoms with van der Waals surface area (Å²) in [4.78, 5) is 40.0. The van der Waals surface area contributed by atoms with Crippen LogP contribution in [-0.4, -0.2) is 66.5 Å². The Labute approximate surface area is 240 Å². The molecule has 2 amide bonds. The lowest BCUT2D eigenvalue weighted by atomic mass is 10.2. The zero-order valence-electron chi connectivity index (χ0n) is 23.9. The second-order valence-corrected chi connectivity index (χ2v) is 9.52. The Morgan fingerprint density at radius 1 is 1.18 bits per heavy atom. The predicted molar refractivity (Wildman–Crippen MR) is 158 cm³/mol. The lowest BCUT2D eigenvalue weighted by molar-refractivity contribution is -0.138. The van der Waals surface area contributed by atoms with Crippen LogP contribution in [0.5, 0.6) is 0 Å². The van der Waals surface area contributed by atoms with Crippen LogP contribution >= 0.6 is 11.3 Å². The first-order valence-corrected chi connectivity index (χ1v) is 13.8. The van der Waals surface area contributed by atoms with Crippen molar-refractivity contribution in [2.45, 2.75) is 40.7 Å². The summed E-state index contributed by atoms with van der Waals surface area (Å²) in [6.07, 6.45) is 3.57. The van der Waals surface area contributed by atoms with Crippen LogP contribution in [0.15, 0.2) is 76.9 Å². The molecule has 0 aliphatic carbocycles. The first-order chi connectivity index (χ1) is 19.1. The van der Waals surface area contributed by atoms with E-state index < -0.39 is 0 Å². The summed E-state index contributed by atoms with van der Waals surface area (Å²) in [7, 11) is 1.87. The van der Waals surface area contributed by atoms with E-state index in [0.29, 0.717) is 38.4 Å². The van der Waals surface area contributed by atoms with Gasteiger partial charge in [0.1, 0.15) is 11.6 Å². The van der Waals surface area contributed by atoms with Gasteiger partial charge in [0.2, 0.25) is 12.3 Å². The highest BCUT2D eigenvalue weighted by molar-refractivity contribution is 7.08. The summed E-state index contributed by atoms with van der Waals surface area (Å²) in [5.74, 6) is -0.764. The lowest BCUT2D eigenvalue weighted by Crippen LogP contribution is -2.37. The number of anilines is 1. The average molecular weight is 574 g/mol. The number of rotatable bonds is 14. The van der Waals surface area contributed by atoms with E-state index in [0.717, 1.165) is 23.4 Å². The summed E-state index contributed by atoms with van der Waals surface area (Å²) in [5.41, 5.74) is 2.98. The summed E-state index contributed by atoms with van der Waals surface area (Å²) < 4.78 is 18.0. The van der Waals surface area contributed by atoms with Gasteiger partial charge in [0, 0.05) is 37.8 Å². The predicted octanol–water partition coefficient (Wildman–Crippen LogP) is 5.69. The molecule has 1 aromatic carbocycles. The number of likely N-dealkylation sites (N-methyl/N-ethyl adjacent to an activating group) is 2. The molecular formula is C30H40FN3O5S. The van der Waals surface area contributed by atoms with E-state index in [9.17, 15) is 23.9 Å². The zero-order chi connectivity index (χ0) is 30.1. The number of allylic oxidation sites excluding steroid dienone is 3. The Kier molecular flexibility index (Phi) is 15.7. The van der Waals surface area contributed by atoms with Crippen molar-refractivity contribution in [3.8, 4) is 0 Å². The van der Waals surface area contributed by atoms with Gasteiger partial charge in [-0.2, -0.15) is 11.3 Å². The van der Waals surface area contributed by atoms with Gasteiger partial charge in [-0.15, -0.1) is 0 Å². The summed E-state index contributed by atoms with van der Waals surface area (Å²) >= 11 is 1.52. The zero-order valence-corrected chi connectivity index (χ0v) is 24.7. The molecule has 0 saturated heterocycles. The number of thiophene rings is 1. The summed E-state index contributed by atoms with van der Waals surface area (Å²) in [6, 6.07) is 8.12. The number of halogens is 1. The highest BCUT2D eigenvalue weighted by Gasteiger charge is 2.16. The van der Waals surface area contributed by atoms with Crippen molar-refractivity contribution in [1.29, 1.82) is 0 Å². The molecule has 0 aliphatic heterocycles. The van der Waals surface area contributed by atoms with Crippen molar-refractivity contribution in [3.05, 3.63) is 88.2 Å². The molecule has 8 nitrogen and oxygen atoms in total. The number of hydrogen-bond acceptors (Lipinski definition) is 7. The third kappa shape index (κ3) is 11.9. The fourth-order valence-corrected chi connectivity index (χ4v) is 4.12. The standard InChI is InChI=1S/C18H30N2O4.C12H10FNOS/c1-7-10-16(21)13-17(22)20(8-2)12-11-19(6)15(5)14(4)18(23)24-9-3;13-11-3-1-2-10(6-11)7-14(9-15)12-4-5-16-8-12/h7,10,21H,1,8-9,11-13H2,2-6H3;1-6,8-9H,7H2/b15-14-,16-10-;. The van der Waals surface area contributed by atoms with Gasteiger partial charge in [-0.1, -0.05) is 24.8 Å². The van der Waals surface area contributed by atoms with Crippen molar-refractivity contribution in [2.24, 2.45) is 0 Å². The maximum absolute atomic E-state index is 13.0. The molecule has 1 heterocycles. The number of esters is 1. The first-order valence-electron chi connectivity index (χ1n) is 12.9. The third-order valence-electron chi connectivity index (χ3n) is 5.99. The molecule has 2 rings (SSSR count). The van der Waals surface area contributed by atoms with Gasteiger partial charge in [-0.3, -0.25) is 9.59 Å². The van der Waals surface area contributed by atoms with E-state index in [4.69, 9.17) is 4.74 Å². The van der Waals surface area contributed by atoms with Crippen LogP contribution in [0.25, 0.3) is 0 Å². The Morgan fingerprint density at radius 3 is 2.45 bits per heavy atom. The van der Waals surface area contributed by atoms with Crippen LogP contribution < -0.4 is 4.90 Å². The number of aliphatic hydroxyl groups excluding tert-OH is 1. The highest BCUT2D eigenvalue weighted by atomic mass is 32.1. The quantitative estimate of drug-likeness (QED) is 0.103. The van der Waals surface area contributed by atoms with Gasteiger partial charge in [0.25, 0.3) is 0 Å². The Morgan fingerprint density at radius 2 is 1.90 bits per heavy atom. The van der Waals surface area contributed by atoms with Gasteiger partial charge >= 0.3 is 5.97 Å². The maximum atomic E-state index is 13.0. The van der Waals surface area contributed by atoms with Crippen LogP contribution in [0.4, 0.5) is 10.1 Å². The second-order valence-electron chi connectivity index (χ2n) is 8.74. The average Bonchev–Trinajstić information content (AvgIpc) is 3.46. The molecule has 0 atom stereocenters. The number of benzene rings is 1. The molecule has 0 aliphatic rings. The van der Waals surface area contributed by atoms with Crippen LogP contribution in [0.2, 0.25) is 0 Å². The minimum atomic E-state index is -0.329. The van der Waals surface area contributed by atoms with E-state index in [2.05, 4.69) is 6.58 Å². The summed E-state index contributed by atoms with van der Waals surface area (Å²) in [6.45, 7) is 13.1. The topological polar surface area (TPSA) is 90.4 Å². The number of ether oxygens (including phenoxy) is 1. The number of hydrogen-bond donors (Lipinski definition) is 1. The van der Waals surface area contributed by atoms with Gasteiger partial charge in [0.15, 0.2) is 0 Å². The van der Waals surface area contributed by atoms with E-state index in [1.165, 1.54) is 35.6 Å². The number of aliphatic hydroxyl groups is 1. The van der Waals surface area contributed by atoms with E-state index in [1.807, 2.05) is 42.6 Å². The monoisotopic (exact) mass is 573 g/mol. The van der Waals surface area contributed by atoms with Crippen LogP contribution in [0, 0.1) is 5.82 Å². The number of carbonyl (C=O) groups excluding carboxylic acids is 3. The van der Waals surface area contributed by atoms with Crippen LogP contribution in [0.3, 0.4) is 0 Å². The molecule has 0 unspecified atom stereocenters. The molecule has 0 saturated carbocycles. The second kappa shape index (κ2) is 18.4. The van der Waals surface area contributed by atoms with Crippen LogP contribution in [-0.2, 0) is 25.7 Å². The number of nitrogens with zero attached hydrogens (tertiary/aromatic N) is 3. The van der Waals surface area contributed by atoms with Crippen molar-refractivity contribution in [2.75, 3.05) is 38.2 Å². The molecule has 0 spiro atoms. The first kappa shape index (κ1) is 34.1. The number of amides is 2. The minimum Gasteiger partial charge on any atom is -0.512 e. The van der Waals surface area contributed by atoms with Crippen molar-refractivity contribution in [3.63, 3.8) is 0 Å². The van der Waals surface area contributed by atoms with Gasteiger partial charge in [0.05, 0.1) is 30.8 Å². The molecule has 0 radical (unpaired) electrons.